The molecule has 0 aliphatic carbocycles. The molecule has 0 aromatic heterocycles. The van der Waals surface area contributed by atoms with Crippen LogP contribution in [0.4, 0.5) is 15.8 Å². The van der Waals surface area contributed by atoms with Gasteiger partial charge in [0.05, 0.1) is 18.4 Å². The number of hydrogen-bond donors (Lipinski definition) is 2. The van der Waals surface area contributed by atoms with E-state index in [1.54, 1.807) is 43.3 Å². The summed E-state index contributed by atoms with van der Waals surface area (Å²) >= 11 is 0. The largest absolute Gasteiger partial charge is 0.497 e. The minimum absolute atomic E-state index is 0.0540. The second-order valence-corrected chi connectivity index (χ2v) is 4.38. The normalized spacial score (nSPS) is 11.3. The predicted molar refractivity (Wildman–Crippen MR) is 80.0 cm³/mol. The van der Waals surface area contributed by atoms with Crippen LogP contribution in [0, 0.1) is 5.82 Å². The van der Waals surface area contributed by atoms with Crippen LogP contribution in [-0.4, -0.2) is 25.2 Å². The molecule has 5 nitrogen and oxygen atoms in total. The van der Waals surface area contributed by atoms with Crippen LogP contribution in [0.5, 0.6) is 5.75 Å². The van der Waals surface area contributed by atoms with E-state index >= 15 is 0 Å². The van der Waals surface area contributed by atoms with Crippen molar-refractivity contribution in [2.75, 3.05) is 19.1 Å². The van der Waals surface area contributed by atoms with Crippen LogP contribution in [0.1, 0.15) is 5.56 Å². The Kier molecular flexibility index (Phi) is 4.27. The molecule has 6 heteroatoms. The van der Waals surface area contributed by atoms with E-state index in [4.69, 9.17) is 15.7 Å². The van der Waals surface area contributed by atoms with Crippen LogP contribution in [0.25, 0.3) is 0 Å². The number of ether oxygens (including phenoxy) is 1. The Morgan fingerprint density at radius 3 is 2.48 bits per heavy atom. The fourth-order valence-corrected chi connectivity index (χ4v) is 2.04. The van der Waals surface area contributed by atoms with Crippen LogP contribution in [0.3, 0.4) is 0 Å². The first-order chi connectivity index (χ1) is 10.1. The number of nitrogens with zero attached hydrogens (tertiary/aromatic N) is 2. The summed E-state index contributed by atoms with van der Waals surface area (Å²) in [5.41, 5.74) is 6.93. The quantitative estimate of drug-likeness (QED) is 0.393. The summed E-state index contributed by atoms with van der Waals surface area (Å²) in [4.78, 5) is 1.75. The lowest BCUT2D eigenvalue weighted by Crippen LogP contribution is -2.21. The maximum Gasteiger partial charge on any atom is 0.175 e. The second-order valence-electron chi connectivity index (χ2n) is 4.38. The molecule has 110 valence electrons. The van der Waals surface area contributed by atoms with Crippen molar-refractivity contribution < 1.29 is 14.3 Å². The number of halogens is 1. The Morgan fingerprint density at radius 1 is 1.24 bits per heavy atom. The van der Waals surface area contributed by atoms with Crippen molar-refractivity contribution in [2.24, 2.45) is 10.9 Å². The zero-order valence-electron chi connectivity index (χ0n) is 11.7. The van der Waals surface area contributed by atoms with Crippen molar-refractivity contribution in [3.8, 4) is 5.75 Å². The zero-order chi connectivity index (χ0) is 15.4. The van der Waals surface area contributed by atoms with Gasteiger partial charge in [-0.15, -0.1) is 0 Å². The van der Waals surface area contributed by atoms with E-state index in [9.17, 15) is 4.39 Å². The van der Waals surface area contributed by atoms with Gasteiger partial charge < -0.3 is 20.6 Å². The molecule has 3 N–H and O–H groups in total. The Hall–Kier alpha value is -2.76. The van der Waals surface area contributed by atoms with E-state index in [2.05, 4.69) is 5.16 Å². The molecule has 0 atom stereocenters. The molecule has 0 heterocycles. The molecular weight excluding hydrogens is 273 g/mol. The molecule has 2 rings (SSSR count). The highest BCUT2D eigenvalue weighted by molar-refractivity contribution is 6.03. The van der Waals surface area contributed by atoms with Gasteiger partial charge >= 0.3 is 0 Å². The summed E-state index contributed by atoms with van der Waals surface area (Å²) < 4.78 is 19.1. The van der Waals surface area contributed by atoms with Gasteiger partial charge in [0, 0.05) is 12.7 Å². The number of amidine groups is 1. The molecule has 0 saturated heterocycles. The fourth-order valence-electron chi connectivity index (χ4n) is 2.04. The van der Waals surface area contributed by atoms with Gasteiger partial charge in [-0.25, -0.2) is 4.39 Å². The molecule has 0 spiro atoms. The van der Waals surface area contributed by atoms with Crippen LogP contribution >= 0.6 is 0 Å². The predicted octanol–water partition coefficient (Wildman–Crippen LogP) is 2.70. The first-order valence-corrected chi connectivity index (χ1v) is 6.22. The number of methoxy groups -OCH3 is 1. The van der Waals surface area contributed by atoms with Crippen molar-refractivity contribution in [3.63, 3.8) is 0 Å². The van der Waals surface area contributed by atoms with Gasteiger partial charge in [0.1, 0.15) is 11.6 Å². The second kappa shape index (κ2) is 6.13. The van der Waals surface area contributed by atoms with Crippen LogP contribution in [0.2, 0.25) is 0 Å². The standard InChI is InChI=1S/C15H16FN3O2/c1-19(10-6-8-11(21-2)9-7-10)13-5-3-4-12(16)14(13)15(17)18-20/h3-9,20H,1-2H3,(H2,17,18). The molecule has 0 saturated carbocycles. The summed E-state index contributed by atoms with van der Waals surface area (Å²) in [6.45, 7) is 0. The minimum Gasteiger partial charge on any atom is -0.497 e. The first kappa shape index (κ1) is 14.6. The topological polar surface area (TPSA) is 71.1 Å². The molecule has 0 fully saturated rings. The van der Waals surface area contributed by atoms with E-state index < -0.39 is 5.82 Å². The molecule has 0 amide bonds. The van der Waals surface area contributed by atoms with Gasteiger partial charge in [0.25, 0.3) is 0 Å². The molecule has 2 aromatic rings. The number of oxime groups is 1. The Balaban J connectivity index is 2.47. The van der Waals surface area contributed by atoms with Crippen LogP contribution in [0.15, 0.2) is 47.6 Å². The maximum absolute atomic E-state index is 14.0. The van der Waals surface area contributed by atoms with Crippen LogP contribution < -0.4 is 15.4 Å². The lowest BCUT2D eigenvalue weighted by molar-refractivity contribution is 0.318. The molecule has 2 aromatic carbocycles. The van der Waals surface area contributed by atoms with E-state index in [1.165, 1.54) is 6.07 Å². The highest BCUT2D eigenvalue weighted by Crippen LogP contribution is 2.29. The molecular formula is C15H16FN3O2. The summed E-state index contributed by atoms with van der Waals surface area (Å²) in [5.74, 6) is -0.102. The summed E-state index contributed by atoms with van der Waals surface area (Å²) in [6.07, 6.45) is 0. The third-order valence-corrected chi connectivity index (χ3v) is 3.18. The van der Waals surface area contributed by atoms with E-state index in [-0.39, 0.29) is 11.4 Å². The van der Waals surface area contributed by atoms with Gasteiger partial charge in [-0.05, 0) is 36.4 Å². The van der Waals surface area contributed by atoms with Crippen LogP contribution in [-0.2, 0) is 0 Å². The Morgan fingerprint density at radius 2 is 1.90 bits per heavy atom. The molecule has 0 bridgehead atoms. The van der Waals surface area contributed by atoms with Gasteiger partial charge in [-0.1, -0.05) is 11.2 Å². The first-order valence-electron chi connectivity index (χ1n) is 6.22. The Labute approximate surface area is 122 Å². The molecule has 0 radical (unpaired) electrons. The third-order valence-electron chi connectivity index (χ3n) is 3.18. The number of nitrogens with two attached hydrogens (primary N) is 1. The van der Waals surface area contributed by atoms with Gasteiger partial charge in [-0.2, -0.15) is 0 Å². The van der Waals surface area contributed by atoms with Gasteiger partial charge in [-0.3, -0.25) is 0 Å². The number of hydrogen-bond acceptors (Lipinski definition) is 4. The van der Waals surface area contributed by atoms with Crippen molar-refractivity contribution in [1.29, 1.82) is 0 Å². The van der Waals surface area contributed by atoms with Crippen molar-refractivity contribution in [3.05, 3.63) is 53.8 Å². The SMILES string of the molecule is COc1ccc(N(C)c2cccc(F)c2C(N)=NO)cc1. The van der Waals surface area contributed by atoms with Gasteiger partial charge in [0.2, 0.25) is 0 Å². The van der Waals surface area contributed by atoms with Crippen molar-refractivity contribution in [2.45, 2.75) is 0 Å². The third kappa shape index (κ3) is 2.89. The smallest absolute Gasteiger partial charge is 0.175 e. The molecule has 21 heavy (non-hydrogen) atoms. The van der Waals surface area contributed by atoms with Gasteiger partial charge in [0.15, 0.2) is 5.84 Å². The Bertz CT molecular complexity index is 656. The zero-order valence-corrected chi connectivity index (χ0v) is 11.7. The highest BCUT2D eigenvalue weighted by Gasteiger charge is 2.16. The van der Waals surface area contributed by atoms with E-state index in [1.807, 2.05) is 12.1 Å². The maximum atomic E-state index is 14.0. The fraction of sp³-hybridized carbons (Fsp3) is 0.133. The lowest BCUT2D eigenvalue weighted by Gasteiger charge is -2.22. The average Bonchev–Trinajstić information content (AvgIpc) is 2.53. The molecule has 0 unspecified atom stereocenters. The molecule has 0 aliphatic heterocycles. The van der Waals surface area contributed by atoms with Crippen molar-refractivity contribution >= 4 is 17.2 Å². The average molecular weight is 289 g/mol. The number of benzene rings is 2. The summed E-state index contributed by atoms with van der Waals surface area (Å²) in [7, 11) is 3.35. The lowest BCUT2D eigenvalue weighted by atomic mass is 10.1. The minimum atomic E-state index is -0.553. The number of anilines is 2. The van der Waals surface area contributed by atoms with E-state index in [0.29, 0.717) is 5.69 Å². The molecule has 0 aliphatic rings. The monoisotopic (exact) mass is 289 g/mol. The van der Waals surface area contributed by atoms with E-state index in [0.717, 1.165) is 11.4 Å². The van der Waals surface area contributed by atoms with Crippen molar-refractivity contribution in [1.82, 2.24) is 0 Å². The number of rotatable bonds is 4. The summed E-state index contributed by atoms with van der Waals surface area (Å²) in [6, 6.07) is 11.8. The summed E-state index contributed by atoms with van der Waals surface area (Å²) in [5, 5.41) is 11.7. The highest BCUT2D eigenvalue weighted by atomic mass is 19.1.